The van der Waals surface area contributed by atoms with Gasteiger partial charge in [-0.15, -0.1) is 0 Å². The maximum absolute atomic E-state index is 14.2. The number of aromatic nitrogens is 1. The molecule has 0 saturated carbocycles. The van der Waals surface area contributed by atoms with Gasteiger partial charge in [-0.2, -0.15) is 0 Å². The van der Waals surface area contributed by atoms with Gasteiger partial charge in [-0.3, -0.25) is 4.79 Å². The van der Waals surface area contributed by atoms with Crippen molar-refractivity contribution in [3.63, 3.8) is 0 Å². The molecule has 2 aromatic rings. The van der Waals surface area contributed by atoms with Gasteiger partial charge in [-0.05, 0) is 59.1 Å². The average molecular weight is 551 g/mol. The molecule has 10 heteroatoms. The Balaban J connectivity index is 2.02. The third kappa shape index (κ3) is 7.12. The summed E-state index contributed by atoms with van der Waals surface area (Å²) in [6.07, 6.45) is 2.82. The smallest absolute Gasteiger partial charge is 0.409 e. The van der Waals surface area contributed by atoms with Crippen LogP contribution in [-0.4, -0.2) is 92.1 Å². The Morgan fingerprint density at radius 1 is 1.21 bits per heavy atom. The molecule has 1 aromatic heterocycles. The summed E-state index contributed by atoms with van der Waals surface area (Å²) < 4.78 is 18.8. The van der Waals surface area contributed by atoms with Crippen LogP contribution in [0.25, 0.3) is 10.9 Å². The predicted molar refractivity (Wildman–Crippen MR) is 150 cm³/mol. The highest BCUT2D eigenvalue weighted by molar-refractivity contribution is 6.39. The van der Waals surface area contributed by atoms with Crippen molar-refractivity contribution in [3.8, 4) is 5.75 Å². The lowest BCUT2D eigenvalue weighted by molar-refractivity contribution is 0.0562. The number of hydrogen-bond acceptors (Lipinski definition) is 6. The van der Waals surface area contributed by atoms with Crippen molar-refractivity contribution in [1.82, 2.24) is 19.7 Å². The number of fused-ring (bicyclic) bond motifs is 1. The molecule has 2 amide bonds. The molecule has 0 spiro atoms. The van der Waals surface area contributed by atoms with E-state index in [2.05, 4.69) is 19.2 Å². The Labute approximate surface area is 231 Å². The number of piperidine rings is 1. The molecule has 1 aliphatic heterocycles. The average Bonchev–Trinajstić information content (AvgIpc) is 3.17. The molecule has 1 aromatic carbocycles. The van der Waals surface area contributed by atoms with Crippen LogP contribution in [-0.2, 0) is 16.0 Å². The molecule has 212 valence electrons. The minimum Gasteiger partial charge on any atom is -0.485 e. The molecule has 1 saturated heterocycles. The topological polar surface area (TPSA) is 85.3 Å². The molecule has 1 aliphatic rings. The van der Waals surface area contributed by atoms with Crippen LogP contribution in [0.5, 0.6) is 5.75 Å². The molecule has 2 heterocycles. The first kappa shape index (κ1) is 30.1. The van der Waals surface area contributed by atoms with Gasteiger partial charge in [0.15, 0.2) is 0 Å². The molecule has 0 radical (unpaired) electrons. The van der Waals surface area contributed by atoms with Crippen molar-refractivity contribution in [1.29, 1.82) is 0 Å². The number of methoxy groups -OCH3 is 1. The summed E-state index contributed by atoms with van der Waals surface area (Å²) in [4.78, 5) is 29.5. The largest absolute Gasteiger partial charge is 0.485 e. The number of carbonyl (C=O) groups excluding carboxylic acids is 2. The number of hydrogen-bond donors (Lipinski definition) is 1. The molecule has 38 heavy (non-hydrogen) atoms. The number of rotatable bonds is 12. The van der Waals surface area contributed by atoms with Crippen LogP contribution >= 0.6 is 11.6 Å². The fourth-order valence-corrected chi connectivity index (χ4v) is 5.30. The number of benzene rings is 1. The number of unbranched alkanes of at least 4 members (excludes halogenated alkanes) is 1. The molecule has 0 bridgehead atoms. The number of aryl methyl sites for hydroxylation is 1. The van der Waals surface area contributed by atoms with E-state index in [0.717, 1.165) is 49.7 Å². The van der Waals surface area contributed by atoms with E-state index in [-0.39, 0.29) is 24.6 Å². The second-order valence-corrected chi connectivity index (χ2v) is 10.8. The van der Waals surface area contributed by atoms with Gasteiger partial charge in [0.2, 0.25) is 0 Å². The molecule has 9 nitrogen and oxygen atoms in total. The first-order valence-corrected chi connectivity index (χ1v) is 13.9. The zero-order valence-electron chi connectivity index (χ0n) is 23.6. The van der Waals surface area contributed by atoms with Gasteiger partial charge in [0.05, 0.1) is 10.5 Å². The van der Waals surface area contributed by atoms with Crippen molar-refractivity contribution in [2.24, 2.45) is 0 Å². The molecule has 1 N–H and O–H groups in total. The third-order valence-electron chi connectivity index (χ3n) is 6.76. The minimum absolute atomic E-state index is 0.0190. The predicted octanol–water partition coefficient (Wildman–Crippen LogP) is 4.79. The summed E-state index contributed by atoms with van der Waals surface area (Å²) >= 11 is 6.99. The first-order chi connectivity index (χ1) is 18.2. The third-order valence-corrected chi connectivity index (χ3v) is 7.14. The first-order valence-electron chi connectivity index (χ1n) is 13.5. The number of nitrogens with zero attached hydrogens (tertiary/aromatic N) is 3. The van der Waals surface area contributed by atoms with Crippen molar-refractivity contribution >= 4 is 34.5 Å². The highest BCUT2D eigenvalue weighted by Crippen LogP contribution is 2.38. The Kier molecular flexibility index (Phi) is 11.1. The number of amides is 2. The minimum atomic E-state index is -0.429. The van der Waals surface area contributed by atoms with E-state index >= 15 is 0 Å². The van der Waals surface area contributed by atoms with Crippen molar-refractivity contribution in [2.45, 2.75) is 71.2 Å². The van der Waals surface area contributed by atoms with Crippen molar-refractivity contribution < 1.29 is 23.8 Å². The van der Waals surface area contributed by atoms with Crippen LogP contribution in [0, 0.1) is 0 Å². The zero-order chi connectivity index (χ0) is 27.8. The standard InChI is InChI=1S/C28H43ClN4O5/c1-19(2)33(21-11-10-14-30-17-21)27(34)26-24(29)22-12-9-13-23(25(22)32(26)15-7-8-16-36-6)38-20(3)18-37-28(35)31(4)5/h9,12-13,19-21,30H,7-8,10-11,14-18H2,1-6H3/t20?,21-/m1/s1. The van der Waals surface area contributed by atoms with Gasteiger partial charge >= 0.3 is 6.09 Å². The zero-order valence-corrected chi connectivity index (χ0v) is 24.3. The summed E-state index contributed by atoms with van der Waals surface area (Å²) in [7, 11) is 4.96. The van der Waals surface area contributed by atoms with Crippen LogP contribution in [0.2, 0.25) is 5.02 Å². The SMILES string of the molecule is COCCCCn1c(C(=O)N(C(C)C)[C@@H]2CCCNC2)c(Cl)c2cccc(OC(C)COC(=O)N(C)C)c21. The molecule has 0 aliphatic carbocycles. The normalized spacial score (nSPS) is 16.5. The van der Waals surface area contributed by atoms with E-state index in [4.69, 9.17) is 25.8 Å². The lowest BCUT2D eigenvalue weighted by Crippen LogP contribution is -2.52. The maximum Gasteiger partial charge on any atom is 0.409 e. The van der Waals surface area contributed by atoms with Crippen LogP contribution < -0.4 is 10.1 Å². The number of halogens is 1. The number of ether oxygens (including phenoxy) is 3. The lowest BCUT2D eigenvalue weighted by Gasteiger charge is -2.38. The summed E-state index contributed by atoms with van der Waals surface area (Å²) in [5, 5.41) is 4.63. The number of carbonyl (C=O) groups is 2. The second kappa shape index (κ2) is 14.1. The molecule has 2 atom stereocenters. The van der Waals surface area contributed by atoms with Gasteiger partial charge in [0, 0.05) is 58.4 Å². The Hall–Kier alpha value is -2.49. The van der Waals surface area contributed by atoms with E-state index in [1.165, 1.54) is 4.90 Å². The van der Waals surface area contributed by atoms with Gasteiger partial charge in [0.25, 0.3) is 5.91 Å². The molecular formula is C28H43ClN4O5. The van der Waals surface area contributed by atoms with Crippen LogP contribution in [0.4, 0.5) is 4.79 Å². The van der Waals surface area contributed by atoms with Gasteiger partial charge < -0.3 is 33.9 Å². The fraction of sp³-hybridized carbons (Fsp3) is 0.643. The Bertz CT molecular complexity index is 1080. The molecule has 1 unspecified atom stereocenters. The van der Waals surface area contributed by atoms with Gasteiger partial charge in [0.1, 0.15) is 24.2 Å². The Morgan fingerprint density at radius 3 is 2.61 bits per heavy atom. The van der Waals surface area contributed by atoms with Crippen LogP contribution in [0.15, 0.2) is 18.2 Å². The second-order valence-electron chi connectivity index (χ2n) is 10.4. The highest BCUT2D eigenvalue weighted by atomic mass is 35.5. The summed E-state index contributed by atoms with van der Waals surface area (Å²) in [5.41, 5.74) is 1.26. The summed E-state index contributed by atoms with van der Waals surface area (Å²) in [5.74, 6) is 0.527. The summed E-state index contributed by atoms with van der Waals surface area (Å²) in [6.45, 7) is 9.02. The number of nitrogens with one attached hydrogen (secondary N) is 1. The van der Waals surface area contributed by atoms with Crippen molar-refractivity contribution in [3.05, 3.63) is 28.9 Å². The van der Waals surface area contributed by atoms with E-state index in [0.29, 0.717) is 29.6 Å². The molecule has 1 fully saturated rings. The molecule has 3 rings (SSSR count). The Morgan fingerprint density at radius 2 is 1.97 bits per heavy atom. The van der Waals surface area contributed by atoms with E-state index in [1.807, 2.05) is 34.6 Å². The quantitative estimate of drug-likeness (QED) is 0.382. The summed E-state index contributed by atoms with van der Waals surface area (Å²) in [6, 6.07) is 5.79. The van der Waals surface area contributed by atoms with Crippen LogP contribution in [0.1, 0.15) is 56.9 Å². The maximum atomic E-state index is 14.2. The molecular weight excluding hydrogens is 508 g/mol. The van der Waals surface area contributed by atoms with E-state index in [1.54, 1.807) is 21.2 Å². The monoisotopic (exact) mass is 550 g/mol. The van der Waals surface area contributed by atoms with Crippen molar-refractivity contribution in [2.75, 3.05) is 47.5 Å². The van der Waals surface area contributed by atoms with Gasteiger partial charge in [-0.1, -0.05) is 23.7 Å². The fourth-order valence-electron chi connectivity index (χ4n) is 4.96. The van der Waals surface area contributed by atoms with Crippen LogP contribution in [0.3, 0.4) is 0 Å². The lowest BCUT2D eigenvalue weighted by atomic mass is 10.0. The number of para-hydroxylation sites is 1. The van der Waals surface area contributed by atoms with E-state index in [9.17, 15) is 9.59 Å². The highest BCUT2D eigenvalue weighted by Gasteiger charge is 2.33. The van der Waals surface area contributed by atoms with E-state index < -0.39 is 12.2 Å². The van der Waals surface area contributed by atoms with Gasteiger partial charge in [-0.25, -0.2) is 4.79 Å².